The summed E-state index contributed by atoms with van der Waals surface area (Å²) in [4.78, 5) is 44.5. The highest BCUT2D eigenvalue weighted by Gasteiger charge is 2.33. The zero-order valence-electron chi connectivity index (χ0n) is 17.5. The third-order valence-electron chi connectivity index (χ3n) is 5.23. The molecule has 7 nitrogen and oxygen atoms in total. The van der Waals surface area contributed by atoms with Crippen molar-refractivity contribution in [2.45, 2.75) is 13.0 Å². The molecule has 0 radical (unpaired) electrons. The number of urea groups is 1. The third kappa shape index (κ3) is 4.87. The number of nitrogens with one attached hydrogen (secondary N) is 1. The quantitative estimate of drug-likeness (QED) is 0.642. The van der Waals surface area contributed by atoms with Crippen LogP contribution in [0.1, 0.15) is 32.7 Å². The monoisotopic (exact) mass is 450 g/mol. The van der Waals surface area contributed by atoms with Gasteiger partial charge in [0.25, 0.3) is 11.8 Å². The van der Waals surface area contributed by atoms with Crippen molar-refractivity contribution >= 4 is 23.7 Å². The van der Waals surface area contributed by atoms with Crippen LogP contribution in [0.2, 0.25) is 0 Å². The molecule has 1 N–H and O–H groups in total. The van der Waals surface area contributed by atoms with Gasteiger partial charge in [0.2, 0.25) is 0 Å². The van der Waals surface area contributed by atoms with Crippen molar-refractivity contribution in [2.75, 3.05) is 18.0 Å². The second-order valence-corrected chi connectivity index (χ2v) is 7.44. The van der Waals surface area contributed by atoms with Crippen LogP contribution < -0.4 is 10.2 Å². The van der Waals surface area contributed by atoms with Gasteiger partial charge in [-0.15, -0.1) is 0 Å². The normalized spacial score (nSPS) is 13.7. The number of pyridine rings is 1. The lowest BCUT2D eigenvalue weighted by Crippen LogP contribution is -2.52. The summed E-state index contributed by atoms with van der Waals surface area (Å²) in [6, 6.07) is 13.7. The maximum absolute atomic E-state index is 14.0. The van der Waals surface area contributed by atoms with E-state index < -0.39 is 17.8 Å². The number of nitrogens with zero attached hydrogens (tertiary/aromatic N) is 3. The standard InChI is InChI=1S/C24H20F2N4O3/c25-18-9-6-16(7-10-18)14-28-22(31)17-8-11-21(27-15-17)29-12-3-13-30(24(29)33)23(32)19-4-1-2-5-20(19)26/h1-2,4-11,15H,3,12-14H2,(H,28,31). The highest BCUT2D eigenvalue weighted by Crippen LogP contribution is 2.21. The molecule has 1 saturated heterocycles. The van der Waals surface area contributed by atoms with E-state index in [4.69, 9.17) is 0 Å². The third-order valence-corrected chi connectivity index (χ3v) is 5.23. The minimum Gasteiger partial charge on any atom is -0.348 e. The second-order valence-electron chi connectivity index (χ2n) is 7.44. The highest BCUT2D eigenvalue weighted by molar-refractivity contribution is 6.09. The molecule has 0 unspecified atom stereocenters. The maximum Gasteiger partial charge on any atom is 0.332 e. The fourth-order valence-electron chi connectivity index (χ4n) is 3.47. The lowest BCUT2D eigenvalue weighted by atomic mass is 10.1. The highest BCUT2D eigenvalue weighted by atomic mass is 19.1. The molecule has 9 heteroatoms. The molecule has 168 valence electrons. The minimum absolute atomic E-state index is 0.172. The van der Waals surface area contributed by atoms with Gasteiger partial charge in [-0.25, -0.2) is 18.6 Å². The number of hydrogen-bond acceptors (Lipinski definition) is 4. The summed E-state index contributed by atoms with van der Waals surface area (Å²) >= 11 is 0. The molecular weight excluding hydrogens is 430 g/mol. The first kappa shape index (κ1) is 22.1. The van der Waals surface area contributed by atoms with Crippen LogP contribution in [0.4, 0.5) is 19.4 Å². The fraction of sp³-hybridized carbons (Fsp3) is 0.167. The zero-order chi connectivity index (χ0) is 23.4. The molecule has 4 rings (SSSR count). The number of carbonyl (C=O) groups excluding carboxylic acids is 3. The molecule has 0 aliphatic carbocycles. The Morgan fingerprint density at radius 2 is 1.73 bits per heavy atom. The first-order valence-corrected chi connectivity index (χ1v) is 10.3. The van der Waals surface area contributed by atoms with E-state index in [1.54, 1.807) is 12.1 Å². The van der Waals surface area contributed by atoms with Crippen LogP contribution in [0.25, 0.3) is 0 Å². The van der Waals surface area contributed by atoms with Crippen LogP contribution in [-0.4, -0.2) is 40.8 Å². The predicted octanol–water partition coefficient (Wildman–Crippen LogP) is 3.76. The van der Waals surface area contributed by atoms with Crippen molar-refractivity contribution in [3.05, 3.63) is 95.2 Å². The van der Waals surface area contributed by atoms with E-state index in [-0.39, 0.29) is 41.8 Å². The van der Waals surface area contributed by atoms with Crippen molar-refractivity contribution in [2.24, 2.45) is 0 Å². The zero-order valence-corrected chi connectivity index (χ0v) is 17.5. The average molecular weight is 450 g/mol. The first-order chi connectivity index (χ1) is 15.9. The summed E-state index contributed by atoms with van der Waals surface area (Å²) in [6.07, 6.45) is 1.83. The van der Waals surface area contributed by atoms with Gasteiger partial charge >= 0.3 is 6.03 Å². The Morgan fingerprint density at radius 1 is 0.970 bits per heavy atom. The molecular formula is C24H20F2N4O3. The van der Waals surface area contributed by atoms with Crippen molar-refractivity contribution in [3.63, 3.8) is 0 Å². The topological polar surface area (TPSA) is 82.6 Å². The van der Waals surface area contributed by atoms with E-state index in [0.717, 1.165) is 10.5 Å². The molecule has 4 amide bonds. The Labute approximate surface area is 188 Å². The fourth-order valence-corrected chi connectivity index (χ4v) is 3.47. The van der Waals surface area contributed by atoms with Gasteiger partial charge in [0.05, 0.1) is 11.1 Å². The van der Waals surface area contributed by atoms with Crippen LogP contribution in [0, 0.1) is 11.6 Å². The summed E-state index contributed by atoms with van der Waals surface area (Å²) in [5.41, 5.74) is 0.853. The number of benzene rings is 2. The summed E-state index contributed by atoms with van der Waals surface area (Å²) in [5, 5.41) is 2.72. The summed E-state index contributed by atoms with van der Waals surface area (Å²) in [7, 11) is 0. The molecule has 2 aromatic carbocycles. The van der Waals surface area contributed by atoms with Crippen LogP contribution in [-0.2, 0) is 6.54 Å². The average Bonchev–Trinajstić information content (AvgIpc) is 2.84. The Morgan fingerprint density at radius 3 is 2.42 bits per heavy atom. The molecule has 1 aliphatic heterocycles. The van der Waals surface area contributed by atoms with Crippen molar-refractivity contribution in [1.29, 1.82) is 0 Å². The lowest BCUT2D eigenvalue weighted by Gasteiger charge is -2.33. The summed E-state index contributed by atoms with van der Waals surface area (Å²) in [6.45, 7) is 0.730. The molecule has 3 aromatic rings. The molecule has 33 heavy (non-hydrogen) atoms. The number of imide groups is 1. The van der Waals surface area contributed by atoms with E-state index in [0.29, 0.717) is 13.0 Å². The van der Waals surface area contributed by atoms with E-state index in [1.807, 2.05) is 0 Å². The largest absolute Gasteiger partial charge is 0.348 e. The Bertz CT molecular complexity index is 1180. The van der Waals surface area contributed by atoms with Crippen molar-refractivity contribution in [3.8, 4) is 0 Å². The van der Waals surface area contributed by atoms with Gasteiger partial charge in [-0.05, 0) is 48.4 Å². The van der Waals surface area contributed by atoms with E-state index in [9.17, 15) is 23.2 Å². The van der Waals surface area contributed by atoms with Crippen molar-refractivity contribution < 1.29 is 23.2 Å². The SMILES string of the molecule is O=C(NCc1ccc(F)cc1)c1ccc(N2CCCN(C(=O)c3ccccc3F)C2=O)nc1. The number of hydrogen-bond donors (Lipinski definition) is 1. The lowest BCUT2D eigenvalue weighted by molar-refractivity contribution is 0.0788. The van der Waals surface area contributed by atoms with Crippen molar-refractivity contribution in [1.82, 2.24) is 15.2 Å². The maximum atomic E-state index is 14.0. The molecule has 0 saturated carbocycles. The van der Waals surface area contributed by atoms with Crippen LogP contribution in [0.5, 0.6) is 0 Å². The molecule has 0 spiro atoms. The smallest absolute Gasteiger partial charge is 0.332 e. The Hall–Kier alpha value is -4.14. The Balaban J connectivity index is 1.43. The van der Waals surface area contributed by atoms with E-state index in [1.165, 1.54) is 59.6 Å². The molecule has 0 atom stereocenters. The van der Waals surface area contributed by atoms with E-state index in [2.05, 4.69) is 10.3 Å². The molecule has 1 aromatic heterocycles. The van der Waals surface area contributed by atoms with Crippen LogP contribution >= 0.6 is 0 Å². The van der Waals surface area contributed by atoms with E-state index >= 15 is 0 Å². The second kappa shape index (κ2) is 9.56. The van der Waals surface area contributed by atoms with Gasteiger partial charge in [0.15, 0.2) is 0 Å². The van der Waals surface area contributed by atoms with Gasteiger partial charge in [-0.1, -0.05) is 24.3 Å². The van der Waals surface area contributed by atoms with Gasteiger partial charge in [-0.2, -0.15) is 0 Å². The number of aromatic nitrogens is 1. The summed E-state index contributed by atoms with van der Waals surface area (Å²) < 4.78 is 27.0. The van der Waals surface area contributed by atoms with Crippen LogP contribution in [0.15, 0.2) is 66.9 Å². The molecule has 1 fully saturated rings. The minimum atomic E-state index is -0.709. The summed E-state index contributed by atoms with van der Waals surface area (Å²) in [5.74, 6) is -1.85. The van der Waals surface area contributed by atoms with Gasteiger partial charge in [0.1, 0.15) is 17.5 Å². The number of halogens is 2. The van der Waals surface area contributed by atoms with Gasteiger partial charge in [0, 0.05) is 25.8 Å². The number of carbonyl (C=O) groups is 3. The van der Waals surface area contributed by atoms with Gasteiger partial charge in [-0.3, -0.25) is 19.4 Å². The number of anilines is 1. The predicted molar refractivity (Wildman–Crippen MR) is 117 cm³/mol. The van der Waals surface area contributed by atoms with Gasteiger partial charge < -0.3 is 5.32 Å². The molecule has 1 aliphatic rings. The van der Waals surface area contributed by atoms with Crippen LogP contribution in [0.3, 0.4) is 0 Å². The number of rotatable bonds is 5. The Kier molecular flexibility index (Phi) is 6.39. The molecule has 2 heterocycles. The first-order valence-electron chi connectivity index (χ1n) is 10.3. The molecule has 0 bridgehead atoms. The number of amides is 4.